The normalized spacial score (nSPS) is 28.8. The van der Waals surface area contributed by atoms with Gasteiger partial charge in [0.2, 0.25) is 0 Å². The van der Waals surface area contributed by atoms with Crippen molar-refractivity contribution in [1.82, 2.24) is 14.5 Å². The zero-order valence-electron chi connectivity index (χ0n) is 15.7. The van der Waals surface area contributed by atoms with Crippen molar-refractivity contribution in [2.24, 2.45) is 5.92 Å². The molecule has 0 radical (unpaired) electrons. The number of hydrogen-bond donors (Lipinski definition) is 1. The summed E-state index contributed by atoms with van der Waals surface area (Å²) in [5.74, 6) is -0.371. The largest absolute Gasteiger partial charge is 0.325 e. The van der Waals surface area contributed by atoms with Crippen LogP contribution in [0.4, 0.5) is 4.79 Å². The second-order valence-corrected chi connectivity index (χ2v) is 9.53. The van der Waals surface area contributed by atoms with Crippen LogP contribution in [-0.4, -0.2) is 54.1 Å². The van der Waals surface area contributed by atoms with Crippen molar-refractivity contribution in [3.05, 3.63) is 29.8 Å². The van der Waals surface area contributed by atoms with E-state index >= 15 is 0 Å². The standard InChI is InChI=1S/C19H23N3O5S/c1-2-13-7-9-19(10-8-13)17(24)21(18(25)20-19)11-12-22-16(23)14-5-3-4-6-15(14)28(22,26)27/h3-6,13H,2,7-12H2,1H3,(H,20,25). The van der Waals surface area contributed by atoms with E-state index in [9.17, 15) is 22.8 Å². The highest BCUT2D eigenvalue weighted by Crippen LogP contribution is 2.38. The van der Waals surface area contributed by atoms with Crippen LogP contribution in [-0.2, 0) is 14.8 Å². The molecule has 8 nitrogen and oxygen atoms in total. The maximum atomic E-state index is 12.9. The van der Waals surface area contributed by atoms with Crippen LogP contribution < -0.4 is 5.32 Å². The van der Waals surface area contributed by atoms with Gasteiger partial charge in [0.05, 0.1) is 12.1 Å². The first-order chi connectivity index (χ1) is 13.3. The van der Waals surface area contributed by atoms with E-state index < -0.39 is 27.5 Å². The van der Waals surface area contributed by atoms with Gasteiger partial charge in [0, 0.05) is 6.54 Å². The van der Waals surface area contributed by atoms with E-state index in [2.05, 4.69) is 12.2 Å². The number of imide groups is 1. The minimum atomic E-state index is -3.95. The van der Waals surface area contributed by atoms with Crippen LogP contribution in [0.3, 0.4) is 0 Å². The van der Waals surface area contributed by atoms with Crippen LogP contribution >= 0.6 is 0 Å². The van der Waals surface area contributed by atoms with E-state index in [1.165, 1.54) is 12.1 Å². The average molecular weight is 405 g/mol. The minimum Gasteiger partial charge on any atom is -0.323 e. The third kappa shape index (κ3) is 2.71. The fourth-order valence-corrected chi connectivity index (χ4v) is 6.00. The Morgan fingerprint density at radius 1 is 1.11 bits per heavy atom. The molecule has 150 valence electrons. The summed E-state index contributed by atoms with van der Waals surface area (Å²) in [6.45, 7) is 1.72. The van der Waals surface area contributed by atoms with Gasteiger partial charge in [0.25, 0.3) is 21.8 Å². The number of hydrogen-bond acceptors (Lipinski definition) is 5. The molecular weight excluding hydrogens is 382 g/mol. The van der Waals surface area contributed by atoms with Crippen LogP contribution in [0, 0.1) is 5.92 Å². The molecule has 1 aliphatic carbocycles. The SMILES string of the molecule is CCC1CCC2(CC1)NC(=O)N(CCN1C(=O)c3ccccc3S1(=O)=O)C2=O. The number of fused-ring (bicyclic) bond motifs is 1. The quantitative estimate of drug-likeness (QED) is 0.768. The number of nitrogens with one attached hydrogen (secondary N) is 1. The lowest BCUT2D eigenvalue weighted by Crippen LogP contribution is -2.50. The van der Waals surface area contributed by atoms with Gasteiger partial charge < -0.3 is 5.32 Å². The fraction of sp³-hybridized carbons (Fsp3) is 0.526. The van der Waals surface area contributed by atoms with Crippen LogP contribution in [0.25, 0.3) is 0 Å². The molecular formula is C19H23N3O5S. The maximum absolute atomic E-state index is 12.9. The number of carbonyl (C=O) groups is 3. The highest BCUT2D eigenvalue weighted by atomic mass is 32.2. The molecule has 3 aliphatic rings. The number of nitrogens with zero attached hydrogens (tertiary/aromatic N) is 2. The van der Waals surface area contributed by atoms with E-state index in [0.29, 0.717) is 18.8 Å². The third-order valence-electron chi connectivity index (χ3n) is 6.22. The van der Waals surface area contributed by atoms with Gasteiger partial charge in [-0.15, -0.1) is 0 Å². The van der Waals surface area contributed by atoms with Gasteiger partial charge in [0.15, 0.2) is 0 Å². The molecule has 1 N–H and O–H groups in total. The number of urea groups is 1. The number of sulfonamides is 1. The molecule has 0 unspecified atom stereocenters. The second-order valence-electron chi connectivity index (χ2n) is 7.70. The van der Waals surface area contributed by atoms with Crippen molar-refractivity contribution in [2.75, 3.05) is 13.1 Å². The van der Waals surface area contributed by atoms with Crippen molar-refractivity contribution >= 4 is 27.9 Å². The lowest BCUT2D eigenvalue weighted by molar-refractivity contribution is -0.132. The summed E-state index contributed by atoms with van der Waals surface area (Å²) in [4.78, 5) is 38.9. The number of rotatable bonds is 4. The lowest BCUT2D eigenvalue weighted by atomic mass is 9.75. The number of benzene rings is 1. The van der Waals surface area contributed by atoms with E-state index in [1.807, 2.05) is 0 Å². The molecule has 2 heterocycles. The first kappa shape index (κ1) is 18.9. The molecule has 28 heavy (non-hydrogen) atoms. The Morgan fingerprint density at radius 3 is 2.43 bits per heavy atom. The predicted molar refractivity (Wildman–Crippen MR) is 99.9 cm³/mol. The van der Waals surface area contributed by atoms with E-state index in [0.717, 1.165) is 28.5 Å². The van der Waals surface area contributed by atoms with Gasteiger partial charge in [-0.1, -0.05) is 25.5 Å². The molecule has 1 aromatic rings. The van der Waals surface area contributed by atoms with E-state index in [-0.39, 0.29) is 29.5 Å². The summed E-state index contributed by atoms with van der Waals surface area (Å²) in [6, 6.07) is 5.49. The van der Waals surface area contributed by atoms with Gasteiger partial charge in [0.1, 0.15) is 10.4 Å². The average Bonchev–Trinajstić information content (AvgIpc) is 3.03. The Hall–Kier alpha value is -2.42. The zero-order valence-corrected chi connectivity index (χ0v) is 16.5. The molecule has 0 bridgehead atoms. The third-order valence-corrected chi connectivity index (χ3v) is 8.06. The molecule has 4 amide bonds. The van der Waals surface area contributed by atoms with E-state index in [1.54, 1.807) is 12.1 Å². The monoisotopic (exact) mass is 405 g/mol. The first-order valence-electron chi connectivity index (χ1n) is 9.60. The van der Waals surface area contributed by atoms with Crippen LogP contribution in [0.5, 0.6) is 0 Å². The summed E-state index contributed by atoms with van der Waals surface area (Å²) in [5, 5.41) is 2.82. The smallest absolute Gasteiger partial charge is 0.323 e. The molecule has 4 rings (SSSR count). The topological polar surface area (TPSA) is 104 Å². The lowest BCUT2D eigenvalue weighted by Gasteiger charge is -2.34. The Balaban J connectivity index is 1.48. The van der Waals surface area contributed by atoms with Crippen molar-refractivity contribution in [2.45, 2.75) is 49.5 Å². The zero-order chi connectivity index (χ0) is 20.1. The van der Waals surface area contributed by atoms with Crippen LogP contribution in [0.1, 0.15) is 49.4 Å². The molecule has 0 aromatic heterocycles. The molecule has 9 heteroatoms. The second kappa shape index (κ2) is 6.58. The summed E-state index contributed by atoms with van der Waals surface area (Å²) in [7, 11) is -3.95. The summed E-state index contributed by atoms with van der Waals surface area (Å²) in [5.41, 5.74) is -0.756. The minimum absolute atomic E-state index is 0.0356. The van der Waals surface area contributed by atoms with Gasteiger partial charge >= 0.3 is 6.03 Å². The number of amides is 4. The fourth-order valence-electron chi connectivity index (χ4n) is 4.44. The Kier molecular flexibility index (Phi) is 4.45. The van der Waals surface area contributed by atoms with Crippen molar-refractivity contribution in [1.29, 1.82) is 0 Å². The van der Waals surface area contributed by atoms with Crippen molar-refractivity contribution in [3.8, 4) is 0 Å². The Bertz CT molecular complexity index is 950. The Morgan fingerprint density at radius 2 is 1.79 bits per heavy atom. The first-order valence-corrected chi connectivity index (χ1v) is 11.0. The maximum Gasteiger partial charge on any atom is 0.325 e. The van der Waals surface area contributed by atoms with Crippen LogP contribution in [0.2, 0.25) is 0 Å². The molecule has 0 atom stereocenters. The molecule has 1 saturated carbocycles. The highest BCUT2D eigenvalue weighted by molar-refractivity contribution is 7.90. The molecule has 1 spiro atoms. The van der Waals surface area contributed by atoms with Gasteiger partial charge in [-0.2, -0.15) is 0 Å². The Labute approximate surface area is 163 Å². The van der Waals surface area contributed by atoms with Crippen molar-refractivity contribution < 1.29 is 22.8 Å². The number of carbonyl (C=O) groups excluding carboxylic acids is 3. The summed E-state index contributed by atoms with van der Waals surface area (Å²) in [6.07, 6.45) is 4.00. The van der Waals surface area contributed by atoms with Gasteiger partial charge in [-0.3, -0.25) is 14.5 Å². The van der Waals surface area contributed by atoms with Gasteiger partial charge in [-0.25, -0.2) is 17.5 Å². The van der Waals surface area contributed by atoms with Crippen LogP contribution in [0.15, 0.2) is 29.2 Å². The summed E-state index contributed by atoms with van der Waals surface area (Å²) >= 11 is 0. The van der Waals surface area contributed by atoms with E-state index in [4.69, 9.17) is 0 Å². The molecule has 2 fully saturated rings. The molecule has 2 aliphatic heterocycles. The van der Waals surface area contributed by atoms with Crippen molar-refractivity contribution in [3.63, 3.8) is 0 Å². The van der Waals surface area contributed by atoms with Gasteiger partial charge in [-0.05, 0) is 43.7 Å². The highest BCUT2D eigenvalue weighted by Gasteiger charge is 2.52. The predicted octanol–water partition coefficient (Wildman–Crippen LogP) is 1.72. The molecule has 1 saturated heterocycles. The molecule has 1 aromatic carbocycles. The summed E-state index contributed by atoms with van der Waals surface area (Å²) < 4.78 is 26.0.